The van der Waals surface area contributed by atoms with E-state index < -0.39 is 0 Å². The zero-order valence-corrected chi connectivity index (χ0v) is 14.9. The van der Waals surface area contributed by atoms with E-state index in [1.54, 1.807) is 11.8 Å². The number of allylic oxidation sites excluding steroid dienone is 1. The summed E-state index contributed by atoms with van der Waals surface area (Å²) in [5.41, 5.74) is 5.01. The molecule has 0 N–H and O–H groups in total. The maximum atomic E-state index is 4.41. The molecular formula is C20H21N3S. The summed E-state index contributed by atoms with van der Waals surface area (Å²) in [6.07, 6.45) is 1.89. The van der Waals surface area contributed by atoms with E-state index in [0.29, 0.717) is 6.54 Å². The summed E-state index contributed by atoms with van der Waals surface area (Å²) < 4.78 is 2.12. The lowest BCUT2D eigenvalue weighted by atomic mass is 10.1. The topological polar surface area (TPSA) is 30.7 Å². The lowest BCUT2D eigenvalue weighted by molar-refractivity contribution is 0.731. The standard InChI is InChI=1S/C20H21N3S/c1-4-12-23-19(17-8-6-5-7-9-17)21-22-20(23)24-14-18-13-15(2)10-11-16(18)3/h4-11,13H,1,12,14H2,2-3H3. The van der Waals surface area contributed by atoms with Gasteiger partial charge < -0.3 is 0 Å². The van der Waals surface area contributed by atoms with Crippen LogP contribution in [0.1, 0.15) is 16.7 Å². The number of rotatable bonds is 6. The highest BCUT2D eigenvalue weighted by atomic mass is 32.2. The Kier molecular flexibility index (Phi) is 5.16. The van der Waals surface area contributed by atoms with Gasteiger partial charge in [0.1, 0.15) is 0 Å². The first-order valence-corrected chi connectivity index (χ1v) is 8.96. The van der Waals surface area contributed by atoms with Gasteiger partial charge in [0.15, 0.2) is 11.0 Å². The van der Waals surface area contributed by atoms with Crippen molar-refractivity contribution in [3.63, 3.8) is 0 Å². The molecule has 1 aromatic heterocycles. The molecule has 0 aliphatic rings. The van der Waals surface area contributed by atoms with Crippen LogP contribution in [0, 0.1) is 13.8 Å². The summed E-state index contributed by atoms with van der Waals surface area (Å²) in [7, 11) is 0. The zero-order valence-electron chi connectivity index (χ0n) is 14.1. The van der Waals surface area contributed by atoms with Gasteiger partial charge >= 0.3 is 0 Å². The van der Waals surface area contributed by atoms with Gasteiger partial charge in [-0.05, 0) is 25.0 Å². The van der Waals surface area contributed by atoms with Crippen LogP contribution in [-0.2, 0) is 12.3 Å². The summed E-state index contributed by atoms with van der Waals surface area (Å²) in [5, 5.41) is 9.73. The number of hydrogen-bond donors (Lipinski definition) is 0. The molecule has 0 spiro atoms. The SMILES string of the molecule is C=CCn1c(SCc2cc(C)ccc2C)nnc1-c1ccccc1. The van der Waals surface area contributed by atoms with Gasteiger partial charge in [0.2, 0.25) is 0 Å². The molecule has 0 amide bonds. The Bertz CT molecular complexity index is 837. The second-order valence-electron chi connectivity index (χ2n) is 5.79. The van der Waals surface area contributed by atoms with Crippen LogP contribution in [0.25, 0.3) is 11.4 Å². The minimum Gasteiger partial charge on any atom is -0.298 e. The molecule has 0 fully saturated rings. The predicted octanol–water partition coefficient (Wildman–Crippen LogP) is 5.04. The van der Waals surface area contributed by atoms with Crippen molar-refractivity contribution in [1.82, 2.24) is 14.8 Å². The number of aryl methyl sites for hydroxylation is 2. The molecule has 0 bridgehead atoms. The summed E-state index contributed by atoms with van der Waals surface area (Å²) in [6.45, 7) is 8.85. The van der Waals surface area contributed by atoms with Crippen LogP contribution >= 0.6 is 11.8 Å². The molecule has 0 atom stereocenters. The molecule has 2 aromatic carbocycles. The van der Waals surface area contributed by atoms with Crippen molar-refractivity contribution < 1.29 is 0 Å². The Morgan fingerprint density at radius 1 is 1.08 bits per heavy atom. The highest BCUT2D eigenvalue weighted by Gasteiger charge is 2.13. The largest absolute Gasteiger partial charge is 0.298 e. The first-order chi connectivity index (χ1) is 11.7. The lowest BCUT2D eigenvalue weighted by Crippen LogP contribution is -2.01. The van der Waals surface area contributed by atoms with Crippen molar-refractivity contribution in [3.05, 3.63) is 77.9 Å². The van der Waals surface area contributed by atoms with Crippen molar-refractivity contribution in [2.24, 2.45) is 0 Å². The Hall–Kier alpha value is -2.33. The molecule has 4 heteroatoms. The molecule has 24 heavy (non-hydrogen) atoms. The third kappa shape index (κ3) is 3.60. The van der Waals surface area contributed by atoms with Crippen LogP contribution in [0.15, 0.2) is 66.3 Å². The Morgan fingerprint density at radius 2 is 1.88 bits per heavy atom. The zero-order chi connectivity index (χ0) is 16.9. The highest BCUT2D eigenvalue weighted by molar-refractivity contribution is 7.98. The van der Waals surface area contributed by atoms with Gasteiger partial charge in [0.05, 0.1) is 0 Å². The van der Waals surface area contributed by atoms with E-state index in [1.165, 1.54) is 16.7 Å². The fourth-order valence-electron chi connectivity index (χ4n) is 2.59. The van der Waals surface area contributed by atoms with Crippen molar-refractivity contribution in [2.45, 2.75) is 31.3 Å². The molecule has 0 aliphatic heterocycles. The molecule has 0 saturated heterocycles. The monoisotopic (exact) mass is 335 g/mol. The Balaban J connectivity index is 1.87. The number of aromatic nitrogens is 3. The van der Waals surface area contributed by atoms with Crippen molar-refractivity contribution in [1.29, 1.82) is 0 Å². The van der Waals surface area contributed by atoms with Crippen LogP contribution in [-0.4, -0.2) is 14.8 Å². The van der Waals surface area contributed by atoms with Crippen molar-refractivity contribution in [3.8, 4) is 11.4 Å². The summed E-state index contributed by atoms with van der Waals surface area (Å²) in [6, 6.07) is 16.7. The second-order valence-corrected chi connectivity index (χ2v) is 6.73. The van der Waals surface area contributed by atoms with Gasteiger partial charge in [-0.2, -0.15) is 0 Å². The fourth-order valence-corrected chi connectivity index (χ4v) is 3.60. The summed E-state index contributed by atoms with van der Waals surface area (Å²) in [5.74, 6) is 1.77. The molecule has 1 heterocycles. The van der Waals surface area contributed by atoms with E-state index in [4.69, 9.17) is 0 Å². The maximum absolute atomic E-state index is 4.41. The van der Waals surface area contributed by atoms with E-state index in [1.807, 2.05) is 24.3 Å². The van der Waals surface area contributed by atoms with Crippen LogP contribution in [0.2, 0.25) is 0 Å². The van der Waals surface area contributed by atoms with Gasteiger partial charge in [-0.25, -0.2) is 0 Å². The molecule has 122 valence electrons. The van der Waals surface area contributed by atoms with E-state index >= 15 is 0 Å². The first-order valence-electron chi connectivity index (χ1n) is 7.97. The van der Waals surface area contributed by atoms with Crippen LogP contribution in [0.5, 0.6) is 0 Å². The second kappa shape index (κ2) is 7.49. The molecule has 0 saturated carbocycles. The maximum Gasteiger partial charge on any atom is 0.192 e. The van der Waals surface area contributed by atoms with E-state index in [0.717, 1.165) is 22.3 Å². The normalized spacial score (nSPS) is 10.8. The lowest BCUT2D eigenvalue weighted by Gasteiger charge is -2.09. The number of thioether (sulfide) groups is 1. The molecule has 3 nitrogen and oxygen atoms in total. The highest BCUT2D eigenvalue weighted by Crippen LogP contribution is 2.27. The number of hydrogen-bond acceptors (Lipinski definition) is 3. The van der Waals surface area contributed by atoms with Crippen LogP contribution in [0.4, 0.5) is 0 Å². The molecular weight excluding hydrogens is 314 g/mol. The molecule has 3 aromatic rings. The quantitative estimate of drug-likeness (QED) is 0.467. The third-order valence-electron chi connectivity index (χ3n) is 3.92. The Morgan fingerprint density at radius 3 is 2.62 bits per heavy atom. The molecule has 3 rings (SSSR count). The number of benzene rings is 2. The minimum absolute atomic E-state index is 0.701. The molecule has 0 aliphatic carbocycles. The van der Waals surface area contributed by atoms with Crippen LogP contribution < -0.4 is 0 Å². The van der Waals surface area contributed by atoms with E-state index in [-0.39, 0.29) is 0 Å². The molecule has 0 radical (unpaired) electrons. The van der Waals surface area contributed by atoms with Crippen LogP contribution in [0.3, 0.4) is 0 Å². The molecule has 0 unspecified atom stereocenters. The third-order valence-corrected chi connectivity index (χ3v) is 4.94. The predicted molar refractivity (Wildman–Crippen MR) is 101 cm³/mol. The summed E-state index contributed by atoms with van der Waals surface area (Å²) >= 11 is 1.72. The van der Waals surface area contributed by atoms with Gasteiger partial charge in [-0.15, -0.1) is 16.8 Å². The first kappa shape index (κ1) is 16.5. The number of nitrogens with zero attached hydrogens (tertiary/aromatic N) is 3. The van der Waals surface area contributed by atoms with Gasteiger partial charge in [-0.3, -0.25) is 4.57 Å². The van der Waals surface area contributed by atoms with E-state index in [2.05, 4.69) is 65.5 Å². The van der Waals surface area contributed by atoms with Crippen molar-refractivity contribution >= 4 is 11.8 Å². The fraction of sp³-hybridized carbons (Fsp3) is 0.200. The van der Waals surface area contributed by atoms with Gasteiger partial charge in [-0.1, -0.05) is 71.9 Å². The Labute approximate surface area is 147 Å². The minimum atomic E-state index is 0.701. The average molecular weight is 335 g/mol. The average Bonchev–Trinajstić information content (AvgIpc) is 3.00. The van der Waals surface area contributed by atoms with Gasteiger partial charge in [0.25, 0.3) is 0 Å². The van der Waals surface area contributed by atoms with Crippen molar-refractivity contribution in [2.75, 3.05) is 0 Å². The van der Waals surface area contributed by atoms with Gasteiger partial charge in [0, 0.05) is 17.9 Å². The smallest absolute Gasteiger partial charge is 0.192 e. The van der Waals surface area contributed by atoms with E-state index in [9.17, 15) is 0 Å². The summed E-state index contributed by atoms with van der Waals surface area (Å²) in [4.78, 5) is 0.